The molecule has 0 unspecified atom stereocenters. The van der Waals surface area contributed by atoms with Gasteiger partial charge in [-0.25, -0.2) is 4.79 Å². The fourth-order valence-electron chi connectivity index (χ4n) is 2.23. The van der Waals surface area contributed by atoms with Crippen molar-refractivity contribution in [2.45, 2.75) is 51.7 Å². The fraction of sp³-hybridized carbons (Fsp3) is 0.533. The van der Waals surface area contributed by atoms with E-state index in [4.69, 9.17) is 4.74 Å². The van der Waals surface area contributed by atoms with Gasteiger partial charge >= 0.3 is 16.3 Å². The van der Waals surface area contributed by atoms with E-state index in [1.54, 1.807) is 34.7 Å². The predicted octanol–water partition coefficient (Wildman–Crippen LogP) is 3.03. The maximum absolute atomic E-state index is 13.5. The van der Waals surface area contributed by atoms with Crippen molar-refractivity contribution in [3.8, 4) is 0 Å². The maximum Gasteiger partial charge on any atom is 0.407 e. The van der Waals surface area contributed by atoms with Crippen molar-refractivity contribution in [1.82, 2.24) is 5.32 Å². The summed E-state index contributed by atoms with van der Waals surface area (Å²) in [5.41, 5.74) is 1.39. The van der Waals surface area contributed by atoms with Crippen LogP contribution in [0.2, 0.25) is 0 Å². The summed E-state index contributed by atoms with van der Waals surface area (Å²) in [6.45, 7) is 8.51. The number of alkyl carbamates (subject to hydrolysis) is 1. The molecule has 0 aliphatic carbocycles. The van der Waals surface area contributed by atoms with E-state index >= 15 is 0 Å². The summed E-state index contributed by atoms with van der Waals surface area (Å²) >= 11 is 0. The molecule has 1 aromatic carbocycles. The molecule has 0 saturated carbocycles. The van der Waals surface area contributed by atoms with Gasteiger partial charge in [-0.1, -0.05) is 0 Å². The summed E-state index contributed by atoms with van der Waals surface area (Å²) in [7, 11) is -3.24. The second-order valence-electron chi connectivity index (χ2n) is 6.20. The smallest absolute Gasteiger partial charge is 0.407 e. The van der Waals surface area contributed by atoms with Gasteiger partial charge in [-0.2, -0.15) is 8.42 Å². The molecular formula is C15H23FN2O4S. The Hall–Kier alpha value is -1.83. The van der Waals surface area contributed by atoms with Crippen LogP contribution in [0.25, 0.3) is 0 Å². The average molecular weight is 346 g/mol. The van der Waals surface area contributed by atoms with Gasteiger partial charge in [-0.15, -0.1) is 3.89 Å². The van der Waals surface area contributed by atoms with E-state index in [-0.39, 0.29) is 6.54 Å². The summed E-state index contributed by atoms with van der Waals surface area (Å²) in [5.74, 6) is 0. The minimum absolute atomic E-state index is 0.0260. The molecule has 0 spiro atoms. The summed E-state index contributed by atoms with van der Waals surface area (Å²) in [6.07, 6.45) is -0.631. The molecule has 1 rings (SSSR count). The summed E-state index contributed by atoms with van der Waals surface area (Å²) in [5, 5.41) is 5.41. The number of carbonyl (C=O) groups is 1. The maximum atomic E-state index is 13.5. The molecule has 2 N–H and O–H groups in total. The lowest BCUT2D eigenvalue weighted by Gasteiger charge is -2.21. The lowest BCUT2D eigenvalue weighted by Crippen LogP contribution is -2.32. The number of rotatable bonds is 4. The van der Waals surface area contributed by atoms with E-state index in [1.807, 2.05) is 0 Å². The lowest BCUT2D eigenvalue weighted by molar-refractivity contribution is 0.0523. The number of ether oxygens (including phenoxy) is 1. The molecule has 23 heavy (non-hydrogen) atoms. The number of benzene rings is 1. The summed E-state index contributed by atoms with van der Waals surface area (Å²) in [4.78, 5) is 11.3. The molecule has 0 aromatic heterocycles. The molecule has 0 saturated heterocycles. The van der Waals surface area contributed by atoms with Crippen molar-refractivity contribution in [3.63, 3.8) is 0 Å². The Balaban J connectivity index is 3.15. The molecule has 6 nitrogen and oxygen atoms in total. The Morgan fingerprint density at radius 1 is 1.26 bits per heavy atom. The zero-order chi connectivity index (χ0) is 18.0. The van der Waals surface area contributed by atoms with Crippen LogP contribution in [0, 0.1) is 13.8 Å². The first-order valence-electron chi connectivity index (χ1n) is 7.09. The Bertz CT molecular complexity index is 709. The highest BCUT2D eigenvalue weighted by atomic mass is 32.3. The van der Waals surface area contributed by atoms with Crippen LogP contribution in [0.5, 0.6) is 0 Å². The standard InChI is InChI=1S/C15H23FN2O4S/c1-9-11(8-18-14(19)22-15(3,4)5)7-12(23(16,20)21)10(2)13(9)17-6/h7,17H,8H2,1-6H3,(H,18,19). The zero-order valence-corrected chi connectivity index (χ0v) is 15.0. The zero-order valence-electron chi connectivity index (χ0n) is 14.2. The van der Waals surface area contributed by atoms with E-state index in [0.29, 0.717) is 16.8 Å². The van der Waals surface area contributed by atoms with Gasteiger partial charge in [0.15, 0.2) is 0 Å². The molecule has 0 radical (unpaired) electrons. The number of amides is 1. The number of halogens is 1. The fourth-order valence-corrected chi connectivity index (χ4v) is 2.98. The number of hydrogen-bond donors (Lipinski definition) is 2. The molecule has 0 bridgehead atoms. The van der Waals surface area contributed by atoms with Gasteiger partial charge in [0, 0.05) is 19.3 Å². The molecule has 0 heterocycles. The Kier molecular flexibility index (Phi) is 5.63. The third kappa shape index (κ3) is 5.09. The monoisotopic (exact) mass is 346 g/mol. The van der Waals surface area contributed by atoms with Crippen LogP contribution >= 0.6 is 0 Å². The minimum Gasteiger partial charge on any atom is -0.444 e. The van der Waals surface area contributed by atoms with E-state index in [1.165, 1.54) is 13.0 Å². The second-order valence-corrected chi connectivity index (χ2v) is 7.52. The highest BCUT2D eigenvalue weighted by Gasteiger charge is 2.22. The lowest BCUT2D eigenvalue weighted by atomic mass is 10.0. The van der Waals surface area contributed by atoms with Crippen LogP contribution in [0.3, 0.4) is 0 Å². The predicted molar refractivity (Wildman–Crippen MR) is 86.8 cm³/mol. The first-order chi connectivity index (χ1) is 10.4. The van der Waals surface area contributed by atoms with E-state index in [2.05, 4.69) is 10.6 Å². The van der Waals surface area contributed by atoms with Crippen molar-refractivity contribution in [2.24, 2.45) is 0 Å². The molecule has 8 heteroatoms. The Morgan fingerprint density at radius 3 is 2.26 bits per heavy atom. The molecule has 0 atom stereocenters. The SMILES string of the molecule is CNc1c(C)c(CNC(=O)OC(C)(C)C)cc(S(=O)(=O)F)c1C. The molecule has 0 fully saturated rings. The number of hydrogen-bond acceptors (Lipinski definition) is 5. The van der Waals surface area contributed by atoms with Crippen molar-refractivity contribution >= 4 is 22.0 Å². The van der Waals surface area contributed by atoms with Crippen molar-refractivity contribution in [3.05, 3.63) is 22.8 Å². The van der Waals surface area contributed by atoms with Gasteiger partial charge in [0.2, 0.25) is 0 Å². The molecule has 0 aliphatic rings. The molecule has 1 amide bonds. The van der Waals surface area contributed by atoms with E-state index in [0.717, 1.165) is 5.56 Å². The van der Waals surface area contributed by atoms with Crippen molar-refractivity contribution in [1.29, 1.82) is 0 Å². The van der Waals surface area contributed by atoms with Crippen LogP contribution in [0.1, 0.15) is 37.5 Å². The number of nitrogens with one attached hydrogen (secondary N) is 2. The highest BCUT2D eigenvalue weighted by molar-refractivity contribution is 7.86. The van der Waals surface area contributed by atoms with Gasteiger partial charge < -0.3 is 15.4 Å². The summed E-state index contributed by atoms with van der Waals surface area (Å²) < 4.78 is 41.2. The second kappa shape index (κ2) is 6.74. The average Bonchev–Trinajstić information content (AvgIpc) is 2.34. The normalized spacial score (nSPS) is 12.0. The van der Waals surface area contributed by atoms with E-state index < -0.39 is 26.8 Å². The van der Waals surface area contributed by atoms with Crippen LogP contribution < -0.4 is 10.6 Å². The van der Waals surface area contributed by atoms with Crippen molar-refractivity contribution < 1.29 is 21.8 Å². The van der Waals surface area contributed by atoms with Crippen LogP contribution in [0.4, 0.5) is 14.4 Å². The summed E-state index contributed by atoms with van der Waals surface area (Å²) in [6, 6.07) is 1.23. The molecule has 1 aromatic rings. The van der Waals surface area contributed by atoms with Crippen molar-refractivity contribution in [2.75, 3.05) is 12.4 Å². The van der Waals surface area contributed by atoms with Gasteiger partial charge in [0.05, 0.1) is 0 Å². The van der Waals surface area contributed by atoms with Gasteiger partial charge in [-0.05, 0) is 57.4 Å². The first-order valence-corrected chi connectivity index (χ1v) is 8.47. The number of carbonyl (C=O) groups excluding carboxylic acids is 1. The van der Waals surface area contributed by atoms with Crippen LogP contribution in [-0.2, 0) is 21.5 Å². The number of anilines is 1. The topological polar surface area (TPSA) is 84.5 Å². The molecular weight excluding hydrogens is 323 g/mol. The first kappa shape index (κ1) is 19.2. The third-order valence-corrected chi connectivity index (χ3v) is 4.19. The Labute approximate surface area is 136 Å². The quantitative estimate of drug-likeness (QED) is 0.819. The molecule has 0 aliphatic heterocycles. The molecule has 130 valence electrons. The van der Waals surface area contributed by atoms with Crippen LogP contribution in [-0.4, -0.2) is 27.2 Å². The third-order valence-electron chi connectivity index (χ3n) is 3.24. The van der Waals surface area contributed by atoms with Gasteiger partial charge in [-0.3, -0.25) is 0 Å². The minimum atomic E-state index is -4.86. The largest absolute Gasteiger partial charge is 0.444 e. The van der Waals surface area contributed by atoms with E-state index in [9.17, 15) is 17.1 Å². The Morgan fingerprint density at radius 2 is 1.83 bits per heavy atom. The van der Waals surface area contributed by atoms with Gasteiger partial charge in [0.25, 0.3) is 0 Å². The van der Waals surface area contributed by atoms with Gasteiger partial charge in [0.1, 0.15) is 10.5 Å². The van der Waals surface area contributed by atoms with Crippen LogP contribution in [0.15, 0.2) is 11.0 Å². The highest BCUT2D eigenvalue weighted by Crippen LogP contribution is 2.30.